The van der Waals surface area contributed by atoms with Gasteiger partial charge in [0.25, 0.3) is 0 Å². The summed E-state index contributed by atoms with van der Waals surface area (Å²) in [5.41, 5.74) is 2.98. The van der Waals surface area contributed by atoms with Gasteiger partial charge >= 0.3 is 0 Å². The number of hydrogen-bond acceptors (Lipinski definition) is 5. The molecule has 1 fully saturated rings. The van der Waals surface area contributed by atoms with Crippen LogP contribution in [0.4, 0.5) is 5.69 Å². The fraction of sp³-hybridized carbons (Fsp3) is 0.409. The van der Waals surface area contributed by atoms with Crippen molar-refractivity contribution in [2.24, 2.45) is 0 Å². The highest BCUT2D eigenvalue weighted by molar-refractivity contribution is 7.89. The predicted octanol–water partition coefficient (Wildman–Crippen LogP) is 2.48. The van der Waals surface area contributed by atoms with Crippen molar-refractivity contribution in [3.05, 3.63) is 59.7 Å². The van der Waals surface area contributed by atoms with Crippen LogP contribution in [0.2, 0.25) is 0 Å². The highest BCUT2D eigenvalue weighted by atomic mass is 32.2. The monoisotopic (exact) mass is 431 g/mol. The number of anilines is 1. The van der Waals surface area contributed by atoms with Gasteiger partial charge in [0.05, 0.1) is 24.7 Å². The normalized spacial score (nSPS) is 15.3. The Hall–Kier alpha value is -2.26. The Bertz CT molecular complexity index is 955. The van der Waals surface area contributed by atoms with Crippen molar-refractivity contribution < 1.29 is 17.9 Å². The SMILES string of the molecule is CCN(CC(=O)Nc1ccc(S(=O)(=O)N2CCOCC2)cc1)Cc1ccccc1C. The molecule has 1 saturated heterocycles. The number of hydrogen-bond donors (Lipinski definition) is 1. The van der Waals surface area contributed by atoms with E-state index in [1.165, 1.54) is 27.6 Å². The van der Waals surface area contributed by atoms with Crippen LogP contribution in [0.15, 0.2) is 53.4 Å². The van der Waals surface area contributed by atoms with Gasteiger partial charge in [-0.1, -0.05) is 31.2 Å². The van der Waals surface area contributed by atoms with Crippen molar-refractivity contribution in [3.8, 4) is 0 Å². The van der Waals surface area contributed by atoms with E-state index < -0.39 is 10.0 Å². The molecular formula is C22H29N3O4S. The van der Waals surface area contributed by atoms with E-state index in [-0.39, 0.29) is 17.3 Å². The van der Waals surface area contributed by atoms with Gasteiger partial charge < -0.3 is 10.1 Å². The molecule has 0 saturated carbocycles. The van der Waals surface area contributed by atoms with Gasteiger partial charge in [-0.15, -0.1) is 0 Å². The number of nitrogens with zero attached hydrogens (tertiary/aromatic N) is 2. The van der Waals surface area contributed by atoms with Gasteiger partial charge in [-0.05, 0) is 48.9 Å². The lowest BCUT2D eigenvalue weighted by Gasteiger charge is -2.26. The van der Waals surface area contributed by atoms with E-state index in [0.29, 0.717) is 38.5 Å². The molecular weight excluding hydrogens is 402 g/mol. The van der Waals surface area contributed by atoms with Crippen molar-refractivity contribution in [1.29, 1.82) is 0 Å². The molecule has 7 nitrogen and oxygen atoms in total. The Balaban J connectivity index is 1.59. The van der Waals surface area contributed by atoms with Gasteiger partial charge in [0.15, 0.2) is 0 Å². The summed E-state index contributed by atoms with van der Waals surface area (Å²) in [6.07, 6.45) is 0. The standard InChI is InChI=1S/C22H29N3O4S/c1-3-24(16-19-7-5-4-6-18(19)2)17-22(26)23-20-8-10-21(11-9-20)30(27,28)25-12-14-29-15-13-25/h4-11H,3,12-17H2,1-2H3,(H,23,26). The minimum absolute atomic E-state index is 0.130. The van der Waals surface area contributed by atoms with Crippen LogP contribution in [-0.2, 0) is 26.1 Å². The summed E-state index contributed by atoms with van der Waals surface area (Å²) < 4.78 is 32.0. The third-order valence-electron chi connectivity index (χ3n) is 5.22. The number of nitrogens with one attached hydrogen (secondary N) is 1. The number of sulfonamides is 1. The Morgan fingerprint density at radius 3 is 2.40 bits per heavy atom. The van der Waals surface area contributed by atoms with E-state index in [2.05, 4.69) is 29.3 Å². The molecule has 0 aliphatic carbocycles. The molecule has 30 heavy (non-hydrogen) atoms. The average Bonchev–Trinajstić information content (AvgIpc) is 2.75. The van der Waals surface area contributed by atoms with Gasteiger partial charge in [0.1, 0.15) is 0 Å². The minimum Gasteiger partial charge on any atom is -0.379 e. The van der Waals surface area contributed by atoms with Gasteiger partial charge in [0, 0.05) is 25.3 Å². The zero-order chi connectivity index (χ0) is 21.6. The molecule has 8 heteroatoms. The molecule has 0 atom stereocenters. The predicted molar refractivity (Wildman–Crippen MR) is 117 cm³/mol. The number of morpholine rings is 1. The molecule has 0 spiro atoms. The fourth-order valence-electron chi connectivity index (χ4n) is 3.36. The lowest BCUT2D eigenvalue weighted by Crippen LogP contribution is -2.40. The van der Waals surface area contributed by atoms with Crippen LogP contribution in [0.5, 0.6) is 0 Å². The summed E-state index contributed by atoms with van der Waals surface area (Å²) >= 11 is 0. The number of amides is 1. The minimum atomic E-state index is -3.54. The third-order valence-corrected chi connectivity index (χ3v) is 7.13. The van der Waals surface area contributed by atoms with Gasteiger partial charge in [-0.3, -0.25) is 9.69 Å². The van der Waals surface area contributed by atoms with Gasteiger partial charge in [0.2, 0.25) is 15.9 Å². The molecule has 2 aromatic carbocycles. The molecule has 0 unspecified atom stereocenters. The summed E-state index contributed by atoms with van der Waals surface area (Å²) in [5, 5.41) is 2.86. The Labute approximate surface area is 178 Å². The number of likely N-dealkylation sites (N-methyl/N-ethyl adjacent to an activating group) is 1. The Kier molecular flexibility index (Phi) is 7.60. The molecule has 1 heterocycles. The van der Waals surface area contributed by atoms with Crippen LogP contribution in [0.3, 0.4) is 0 Å². The van der Waals surface area contributed by atoms with Crippen molar-refractivity contribution >= 4 is 21.6 Å². The largest absolute Gasteiger partial charge is 0.379 e. The second kappa shape index (κ2) is 10.2. The van der Waals surface area contributed by atoms with E-state index >= 15 is 0 Å². The second-order valence-electron chi connectivity index (χ2n) is 7.32. The number of ether oxygens (including phenoxy) is 1. The first-order chi connectivity index (χ1) is 14.4. The molecule has 162 valence electrons. The third kappa shape index (κ3) is 5.66. The van der Waals surface area contributed by atoms with Crippen LogP contribution >= 0.6 is 0 Å². The first-order valence-electron chi connectivity index (χ1n) is 10.1. The quantitative estimate of drug-likeness (QED) is 0.695. The first-order valence-corrected chi connectivity index (χ1v) is 11.6. The molecule has 3 rings (SSSR count). The number of carbonyl (C=O) groups excluding carboxylic acids is 1. The second-order valence-corrected chi connectivity index (χ2v) is 9.26. The molecule has 1 aliphatic rings. The van der Waals surface area contributed by atoms with Crippen LogP contribution in [0, 0.1) is 6.92 Å². The summed E-state index contributed by atoms with van der Waals surface area (Å²) in [5.74, 6) is -0.130. The summed E-state index contributed by atoms with van der Waals surface area (Å²) in [4.78, 5) is 14.8. The maximum Gasteiger partial charge on any atom is 0.243 e. The fourth-order valence-corrected chi connectivity index (χ4v) is 4.77. The molecule has 1 N–H and O–H groups in total. The lowest BCUT2D eigenvalue weighted by molar-refractivity contribution is -0.117. The van der Waals surface area contributed by atoms with Crippen LogP contribution in [-0.4, -0.2) is 62.9 Å². The van der Waals surface area contributed by atoms with Crippen molar-refractivity contribution in [2.45, 2.75) is 25.3 Å². The summed E-state index contributed by atoms with van der Waals surface area (Å²) in [7, 11) is -3.54. The molecule has 0 radical (unpaired) electrons. The van der Waals surface area contributed by atoms with Crippen LogP contribution < -0.4 is 5.32 Å². The number of carbonyl (C=O) groups is 1. The average molecular weight is 432 g/mol. The maximum absolute atomic E-state index is 12.7. The molecule has 1 amide bonds. The van der Waals surface area contributed by atoms with Gasteiger partial charge in [-0.2, -0.15) is 4.31 Å². The number of benzene rings is 2. The summed E-state index contributed by atoms with van der Waals surface area (Å²) in [6.45, 7) is 7.33. The number of rotatable bonds is 8. The van der Waals surface area contributed by atoms with Crippen molar-refractivity contribution in [1.82, 2.24) is 9.21 Å². The Morgan fingerprint density at radius 2 is 1.77 bits per heavy atom. The smallest absolute Gasteiger partial charge is 0.243 e. The zero-order valence-electron chi connectivity index (χ0n) is 17.5. The van der Waals surface area contributed by atoms with Crippen molar-refractivity contribution in [2.75, 3.05) is 44.7 Å². The van der Waals surface area contributed by atoms with Gasteiger partial charge in [-0.25, -0.2) is 8.42 Å². The van der Waals surface area contributed by atoms with E-state index in [1.807, 2.05) is 19.1 Å². The van der Waals surface area contributed by atoms with Crippen LogP contribution in [0.25, 0.3) is 0 Å². The highest BCUT2D eigenvalue weighted by Crippen LogP contribution is 2.19. The van der Waals surface area contributed by atoms with E-state index in [0.717, 1.165) is 6.54 Å². The van der Waals surface area contributed by atoms with Crippen LogP contribution in [0.1, 0.15) is 18.1 Å². The van der Waals surface area contributed by atoms with E-state index in [4.69, 9.17) is 4.74 Å². The van der Waals surface area contributed by atoms with E-state index in [9.17, 15) is 13.2 Å². The topological polar surface area (TPSA) is 79.0 Å². The molecule has 2 aromatic rings. The first kappa shape index (κ1) is 22.4. The molecule has 0 aromatic heterocycles. The molecule has 0 bridgehead atoms. The summed E-state index contributed by atoms with van der Waals surface area (Å²) in [6, 6.07) is 14.5. The van der Waals surface area contributed by atoms with Crippen molar-refractivity contribution in [3.63, 3.8) is 0 Å². The Morgan fingerprint density at radius 1 is 1.10 bits per heavy atom. The zero-order valence-corrected chi connectivity index (χ0v) is 18.3. The highest BCUT2D eigenvalue weighted by Gasteiger charge is 2.26. The number of aryl methyl sites for hydroxylation is 1. The molecule has 1 aliphatic heterocycles. The lowest BCUT2D eigenvalue weighted by atomic mass is 10.1. The van der Waals surface area contributed by atoms with E-state index in [1.54, 1.807) is 12.1 Å². The maximum atomic E-state index is 12.7.